The topological polar surface area (TPSA) is 34.1 Å². The molecule has 3 aromatic rings. The Labute approximate surface area is 162 Å². The van der Waals surface area contributed by atoms with Gasteiger partial charge in [0.1, 0.15) is 11.5 Å². The number of thiophene rings is 1. The number of hydrazone groups is 1. The van der Waals surface area contributed by atoms with Gasteiger partial charge in [0, 0.05) is 12.0 Å². The van der Waals surface area contributed by atoms with Crippen molar-refractivity contribution in [2.45, 2.75) is 25.6 Å². The monoisotopic (exact) mass is 376 g/mol. The zero-order valence-corrected chi connectivity index (χ0v) is 15.9. The number of rotatable bonds is 4. The number of nitrogens with zero attached hydrogens (tertiary/aromatic N) is 2. The summed E-state index contributed by atoms with van der Waals surface area (Å²) in [7, 11) is 0. The molecule has 0 saturated carbocycles. The van der Waals surface area contributed by atoms with Gasteiger partial charge >= 0.3 is 0 Å². The van der Waals surface area contributed by atoms with Gasteiger partial charge in [-0.3, -0.25) is 0 Å². The van der Waals surface area contributed by atoms with Crippen LogP contribution in [0.5, 0.6) is 11.5 Å². The fraction of sp³-hybridized carbons (Fsp3) is 0.227. The molecule has 3 heterocycles. The number of benzene rings is 2. The SMILES string of the molecule is CCOc1ccc2c(c1)[C@@H]1CC(c3ccccc3)=NN1[C@H](c1cccs1)O2. The molecule has 4 nitrogen and oxygen atoms in total. The van der Waals surface area contributed by atoms with Gasteiger partial charge in [-0.2, -0.15) is 5.10 Å². The van der Waals surface area contributed by atoms with Crippen molar-refractivity contribution in [2.24, 2.45) is 5.10 Å². The molecule has 2 atom stereocenters. The molecule has 136 valence electrons. The molecule has 0 bridgehead atoms. The second-order valence-corrected chi connectivity index (χ2v) is 7.61. The van der Waals surface area contributed by atoms with Crippen LogP contribution in [0.15, 0.2) is 71.1 Å². The van der Waals surface area contributed by atoms with Crippen LogP contribution in [0.1, 0.15) is 41.6 Å². The highest BCUT2D eigenvalue weighted by atomic mass is 32.1. The second kappa shape index (κ2) is 6.74. The van der Waals surface area contributed by atoms with Crippen molar-refractivity contribution < 1.29 is 9.47 Å². The Balaban J connectivity index is 1.58. The van der Waals surface area contributed by atoms with E-state index in [0.717, 1.165) is 34.1 Å². The molecular weight excluding hydrogens is 356 g/mol. The largest absolute Gasteiger partial charge is 0.494 e. The molecule has 0 N–H and O–H groups in total. The maximum atomic E-state index is 6.38. The molecule has 0 spiro atoms. The average molecular weight is 376 g/mol. The van der Waals surface area contributed by atoms with Crippen LogP contribution in [0.2, 0.25) is 0 Å². The molecule has 0 amide bonds. The summed E-state index contributed by atoms with van der Waals surface area (Å²) in [6.45, 7) is 2.65. The van der Waals surface area contributed by atoms with E-state index < -0.39 is 0 Å². The number of hydrogen-bond acceptors (Lipinski definition) is 5. The lowest BCUT2D eigenvalue weighted by atomic mass is 9.96. The predicted molar refractivity (Wildman–Crippen MR) is 107 cm³/mol. The minimum Gasteiger partial charge on any atom is -0.494 e. The van der Waals surface area contributed by atoms with Gasteiger partial charge in [0.05, 0.1) is 23.2 Å². The summed E-state index contributed by atoms with van der Waals surface area (Å²) in [5.74, 6) is 1.80. The number of ether oxygens (including phenoxy) is 2. The van der Waals surface area contributed by atoms with Crippen LogP contribution in [0, 0.1) is 0 Å². The fourth-order valence-corrected chi connectivity index (χ4v) is 4.49. The van der Waals surface area contributed by atoms with Crippen LogP contribution >= 0.6 is 11.3 Å². The third-order valence-electron chi connectivity index (χ3n) is 4.97. The standard InChI is InChI=1S/C22H20N2O2S/c1-2-25-16-10-11-20-17(13-16)19-14-18(15-7-4-3-5-8-15)23-24(19)22(26-20)21-9-6-12-27-21/h3-13,19,22H,2,14H2,1H3/t19-,22-/m0/s1. The molecule has 2 aromatic carbocycles. The Hall–Kier alpha value is -2.79. The summed E-state index contributed by atoms with van der Waals surface area (Å²) in [6.07, 6.45) is 0.666. The highest BCUT2D eigenvalue weighted by molar-refractivity contribution is 7.10. The van der Waals surface area contributed by atoms with Gasteiger partial charge in [-0.1, -0.05) is 36.4 Å². The maximum Gasteiger partial charge on any atom is 0.222 e. The molecule has 2 aliphatic heterocycles. The maximum absolute atomic E-state index is 6.38. The van der Waals surface area contributed by atoms with Crippen molar-refractivity contribution in [3.05, 3.63) is 82.0 Å². The van der Waals surface area contributed by atoms with E-state index in [4.69, 9.17) is 14.6 Å². The van der Waals surface area contributed by atoms with Gasteiger partial charge in [-0.05, 0) is 42.1 Å². The normalized spacial score (nSPS) is 20.5. The Morgan fingerprint density at radius 2 is 2.04 bits per heavy atom. The molecule has 0 aliphatic carbocycles. The van der Waals surface area contributed by atoms with E-state index in [1.54, 1.807) is 11.3 Å². The first-order valence-corrected chi connectivity index (χ1v) is 10.1. The van der Waals surface area contributed by atoms with E-state index in [2.05, 4.69) is 52.9 Å². The minimum absolute atomic E-state index is 0.150. The fourth-order valence-electron chi connectivity index (χ4n) is 3.75. The smallest absolute Gasteiger partial charge is 0.222 e. The van der Waals surface area contributed by atoms with Gasteiger partial charge in [0.2, 0.25) is 6.23 Å². The van der Waals surface area contributed by atoms with Crippen LogP contribution in [0.3, 0.4) is 0 Å². The van der Waals surface area contributed by atoms with Gasteiger partial charge in [-0.25, -0.2) is 5.01 Å². The van der Waals surface area contributed by atoms with E-state index in [9.17, 15) is 0 Å². The van der Waals surface area contributed by atoms with E-state index >= 15 is 0 Å². The lowest BCUT2D eigenvalue weighted by Crippen LogP contribution is -2.33. The van der Waals surface area contributed by atoms with Crippen LogP contribution < -0.4 is 9.47 Å². The van der Waals surface area contributed by atoms with E-state index in [1.807, 2.05) is 25.1 Å². The molecule has 2 aliphatic rings. The van der Waals surface area contributed by atoms with Gasteiger partial charge in [0.15, 0.2) is 0 Å². The first kappa shape index (κ1) is 16.4. The van der Waals surface area contributed by atoms with Crippen molar-refractivity contribution in [1.82, 2.24) is 5.01 Å². The summed E-state index contributed by atoms with van der Waals surface area (Å²) in [5, 5.41) is 9.18. The molecule has 5 rings (SSSR count). The Kier molecular flexibility index (Phi) is 4.09. The third kappa shape index (κ3) is 2.88. The Morgan fingerprint density at radius 1 is 1.15 bits per heavy atom. The van der Waals surface area contributed by atoms with Crippen LogP contribution in [-0.2, 0) is 0 Å². The summed E-state index contributed by atoms with van der Waals surface area (Å²) in [6, 6.07) is 20.8. The number of hydrogen-bond donors (Lipinski definition) is 0. The first-order valence-electron chi connectivity index (χ1n) is 9.21. The van der Waals surface area contributed by atoms with Crippen LogP contribution in [-0.4, -0.2) is 17.3 Å². The first-order chi connectivity index (χ1) is 13.3. The average Bonchev–Trinajstić information content (AvgIpc) is 3.39. The van der Waals surface area contributed by atoms with Gasteiger partial charge in [0.25, 0.3) is 0 Å². The lowest BCUT2D eigenvalue weighted by molar-refractivity contribution is -0.0167. The van der Waals surface area contributed by atoms with Crippen LogP contribution in [0.25, 0.3) is 0 Å². The molecule has 1 aromatic heterocycles. The zero-order chi connectivity index (χ0) is 18.2. The lowest BCUT2D eigenvalue weighted by Gasteiger charge is -2.37. The van der Waals surface area contributed by atoms with Gasteiger partial charge < -0.3 is 9.47 Å². The summed E-state index contributed by atoms with van der Waals surface area (Å²) < 4.78 is 12.1. The van der Waals surface area contributed by atoms with E-state index in [-0.39, 0.29) is 12.3 Å². The van der Waals surface area contributed by atoms with E-state index in [0.29, 0.717) is 6.61 Å². The van der Waals surface area contributed by atoms with E-state index in [1.165, 1.54) is 5.56 Å². The summed E-state index contributed by atoms with van der Waals surface area (Å²) in [5.41, 5.74) is 3.41. The minimum atomic E-state index is -0.193. The van der Waals surface area contributed by atoms with Crippen molar-refractivity contribution in [3.8, 4) is 11.5 Å². The Morgan fingerprint density at radius 3 is 2.81 bits per heavy atom. The Bertz CT molecular complexity index is 969. The molecule has 5 heteroatoms. The zero-order valence-electron chi connectivity index (χ0n) is 15.0. The highest BCUT2D eigenvalue weighted by Gasteiger charge is 2.41. The third-order valence-corrected chi connectivity index (χ3v) is 5.87. The van der Waals surface area contributed by atoms with Crippen molar-refractivity contribution in [3.63, 3.8) is 0 Å². The quantitative estimate of drug-likeness (QED) is 0.612. The summed E-state index contributed by atoms with van der Waals surface area (Å²) >= 11 is 1.70. The predicted octanol–water partition coefficient (Wildman–Crippen LogP) is 5.39. The molecule has 0 radical (unpaired) electrons. The van der Waals surface area contributed by atoms with Crippen LogP contribution in [0.4, 0.5) is 0 Å². The summed E-state index contributed by atoms with van der Waals surface area (Å²) in [4.78, 5) is 1.16. The highest BCUT2D eigenvalue weighted by Crippen LogP contribution is 2.49. The van der Waals surface area contributed by atoms with Crippen molar-refractivity contribution in [1.29, 1.82) is 0 Å². The molecule has 27 heavy (non-hydrogen) atoms. The molecule has 0 fully saturated rings. The van der Waals surface area contributed by atoms with Crippen molar-refractivity contribution in [2.75, 3.05) is 6.61 Å². The second-order valence-electron chi connectivity index (χ2n) is 6.63. The van der Waals surface area contributed by atoms with Crippen molar-refractivity contribution >= 4 is 17.0 Å². The van der Waals surface area contributed by atoms with Gasteiger partial charge in [-0.15, -0.1) is 11.3 Å². The molecule has 0 saturated heterocycles. The number of fused-ring (bicyclic) bond motifs is 3. The molecule has 0 unspecified atom stereocenters. The molecular formula is C22H20N2O2S.